The van der Waals surface area contributed by atoms with Crippen LogP contribution in [0.1, 0.15) is 29.6 Å². The predicted molar refractivity (Wildman–Crippen MR) is 69.3 cm³/mol. The molecule has 0 aromatic heterocycles. The number of amides is 1. The van der Waals surface area contributed by atoms with E-state index >= 15 is 0 Å². The van der Waals surface area contributed by atoms with E-state index in [2.05, 4.69) is 0 Å². The summed E-state index contributed by atoms with van der Waals surface area (Å²) in [6.45, 7) is 1.62. The van der Waals surface area contributed by atoms with E-state index in [9.17, 15) is 9.59 Å². The Hall–Kier alpha value is -2.04. The molecule has 0 bridgehead atoms. The number of carboxylic acid groups (broad SMARTS) is 1. The Kier molecular flexibility index (Phi) is 4.39. The van der Waals surface area contributed by atoms with Gasteiger partial charge in [0, 0.05) is 13.1 Å². The summed E-state index contributed by atoms with van der Waals surface area (Å²) in [5, 5.41) is 8.76. The molecule has 0 atom stereocenters. The van der Waals surface area contributed by atoms with Crippen LogP contribution < -0.4 is 4.74 Å². The lowest BCUT2D eigenvalue weighted by Gasteiger charge is -2.26. The van der Waals surface area contributed by atoms with E-state index in [0.717, 1.165) is 25.9 Å². The highest BCUT2D eigenvalue weighted by Crippen LogP contribution is 2.13. The smallest absolute Gasteiger partial charge is 0.335 e. The van der Waals surface area contributed by atoms with Crippen molar-refractivity contribution in [2.45, 2.75) is 19.3 Å². The van der Waals surface area contributed by atoms with Gasteiger partial charge >= 0.3 is 5.97 Å². The summed E-state index contributed by atoms with van der Waals surface area (Å²) in [4.78, 5) is 24.4. The molecule has 1 saturated heterocycles. The maximum Gasteiger partial charge on any atom is 0.335 e. The van der Waals surface area contributed by atoms with Crippen LogP contribution in [0.25, 0.3) is 0 Å². The lowest BCUT2D eigenvalue weighted by Crippen LogP contribution is -2.38. The van der Waals surface area contributed by atoms with Gasteiger partial charge < -0.3 is 14.7 Å². The van der Waals surface area contributed by atoms with E-state index in [-0.39, 0.29) is 18.1 Å². The number of rotatable bonds is 4. The average Bonchev–Trinajstić information content (AvgIpc) is 2.46. The van der Waals surface area contributed by atoms with Crippen LogP contribution in [0.3, 0.4) is 0 Å². The van der Waals surface area contributed by atoms with Crippen molar-refractivity contribution in [3.05, 3.63) is 29.8 Å². The number of benzene rings is 1. The van der Waals surface area contributed by atoms with Gasteiger partial charge in [-0.25, -0.2) is 4.79 Å². The van der Waals surface area contributed by atoms with E-state index < -0.39 is 5.97 Å². The molecule has 1 N–H and O–H groups in total. The summed E-state index contributed by atoms with van der Waals surface area (Å²) < 4.78 is 5.37. The van der Waals surface area contributed by atoms with Crippen molar-refractivity contribution in [1.82, 2.24) is 4.90 Å². The molecule has 102 valence electrons. The van der Waals surface area contributed by atoms with Gasteiger partial charge in [-0.3, -0.25) is 4.79 Å². The molecule has 1 aromatic carbocycles. The van der Waals surface area contributed by atoms with Gasteiger partial charge in [0.05, 0.1) is 5.56 Å². The highest BCUT2D eigenvalue weighted by Gasteiger charge is 2.16. The van der Waals surface area contributed by atoms with Gasteiger partial charge in [0.2, 0.25) is 0 Å². The second-order valence-corrected chi connectivity index (χ2v) is 4.56. The molecule has 0 unspecified atom stereocenters. The molecule has 2 rings (SSSR count). The monoisotopic (exact) mass is 263 g/mol. The maximum absolute atomic E-state index is 11.9. The molecule has 1 aromatic rings. The van der Waals surface area contributed by atoms with Crippen molar-refractivity contribution in [2.24, 2.45) is 0 Å². The maximum atomic E-state index is 11.9. The summed E-state index contributed by atoms with van der Waals surface area (Å²) in [7, 11) is 0. The Balaban J connectivity index is 1.84. The lowest BCUT2D eigenvalue weighted by atomic mass is 10.1. The molecule has 1 aliphatic heterocycles. The molecule has 1 heterocycles. The van der Waals surface area contributed by atoms with E-state index in [1.165, 1.54) is 18.6 Å². The Bertz CT molecular complexity index is 449. The third-order valence-electron chi connectivity index (χ3n) is 3.17. The first-order valence-corrected chi connectivity index (χ1v) is 6.41. The molecular weight excluding hydrogens is 246 g/mol. The van der Waals surface area contributed by atoms with Gasteiger partial charge in [0.25, 0.3) is 5.91 Å². The minimum atomic E-state index is -0.976. The van der Waals surface area contributed by atoms with Crippen molar-refractivity contribution >= 4 is 11.9 Å². The highest BCUT2D eigenvalue weighted by atomic mass is 16.5. The first-order chi connectivity index (χ1) is 9.16. The molecule has 0 radical (unpaired) electrons. The Morgan fingerprint density at radius 2 is 1.74 bits per heavy atom. The summed E-state index contributed by atoms with van der Waals surface area (Å²) in [5.41, 5.74) is 0.203. The van der Waals surface area contributed by atoms with E-state index in [0.29, 0.717) is 5.75 Å². The molecule has 1 amide bonds. The number of hydrogen-bond donors (Lipinski definition) is 1. The number of carbonyl (C=O) groups is 2. The fourth-order valence-corrected chi connectivity index (χ4v) is 2.07. The van der Waals surface area contributed by atoms with Crippen LogP contribution in [0.5, 0.6) is 5.75 Å². The minimum Gasteiger partial charge on any atom is -0.484 e. The Labute approximate surface area is 111 Å². The average molecular weight is 263 g/mol. The normalized spacial score (nSPS) is 15.1. The molecule has 19 heavy (non-hydrogen) atoms. The number of likely N-dealkylation sites (tertiary alicyclic amines) is 1. The van der Waals surface area contributed by atoms with Gasteiger partial charge in [-0.05, 0) is 43.5 Å². The van der Waals surface area contributed by atoms with Crippen LogP contribution in [0.15, 0.2) is 24.3 Å². The predicted octanol–water partition coefficient (Wildman–Crippen LogP) is 1.78. The number of hydrogen-bond acceptors (Lipinski definition) is 3. The van der Waals surface area contributed by atoms with Crippen LogP contribution in [-0.4, -0.2) is 41.6 Å². The van der Waals surface area contributed by atoms with Gasteiger partial charge in [0.15, 0.2) is 6.61 Å². The fourth-order valence-electron chi connectivity index (χ4n) is 2.07. The molecule has 5 heteroatoms. The van der Waals surface area contributed by atoms with Crippen molar-refractivity contribution in [3.8, 4) is 5.75 Å². The molecule has 1 aliphatic rings. The van der Waals surface area contributed by atoms with E-state index in [1.54, 1.807) is 12.1 Å². The summed E-state index contributed by atoms with van der Waals surface area (Å²) >= 11 is 0. The molecule has 0 saturated carbocycles. The van der Waals surface area contributed by atoms with Crippen molar-refractivity contribution in [1.29, 1.82) is 0 Å². The lowest BCUT2D eigenvalue weighted by molar-refractivity contribution is -0.134. The quantitative estimate of drug-likeness (QED) is 0.899. The highest BCUT2D eigenvalue weighted by molar-refractivity contribution is 5.87. The molecule has 5 nitrogen and oxygen atoms in total. The molecule has 1 fully saturated rings. The van der Waals surface area contributed by atoms with E-state index in [4.69, 9.17) is 9.84 Å². The standard InChI is InChI=1S/C14H17NO4/c16-13(15-8-2-1-3-9-15)10-19-12-6-4-11(5-7-12)14(17)18/h4-7H,1-3,8-10H2,(H,17,18). The van der Waals surface area contributed by atoms with Crippen LogP contribution in [0.4, 0.5) is 0 Å². The van der Waals surface area contributed by atoms with Gasteiger partial charge in [-0.15, -0.1) is 0 Å². The van der Waals surface area contributed by atoms with Gasteiger partial charge in [-0.1, -0.05) is 0 Å². The Morgan fingerprint density at radius 1 is 1.11 bits per heavy atom. The summed E-state index contributed by atoms with van der Waals surface area (Å²) in [6.07, 6.45) is 3.29. The summed E-state index contributed by atoms with van der Waals surface area (Å²) in [6, 6.07) is 6.05. The first-order valence-electron chi connectivity index (χ1n) is 6.41. The number of aromatic carboxylic acids is 1. The van der Waals surface area contributed by atoms with Crippen LogP contribution in [0.2, 0.25) is 0 Å². The zero-order valence-corrected chi connectivity index (χ0v) is 10.7. The number of nitrogens with zero attached hydrogens (tertiary/aromatic N) is 1. The number of carboxylic acids is 1. The topological polar surface area (TPSA) is 66.8 Å². The van der Waals surface area contributed by atoms with Crippen molar-refractivity contribution in [2.75, 3.05) is 19.7 Å². The zero-order chi connectivity index (χ0) is 13.7. The minimum absolute atomic E-state index is 0.00637. The van der Waals surface area contributed by atoms with Gasteiger partial charge in [0.1, 0.15) is 5.75 Å². The summed E-state index contributed by atoms with van der Waals surface area (Å²) in [5.74, 6) is -0.478. The largest absolute Gasteiger partial charge is 0.484 e. The molecular formula is C14H17NO4. The van der Waals surface area contributed by atoms with Crippen molar-refractivity contribution in [3.63, 3.8) is 0 Å². The third kappa shape index (κ3) is 3.71. The van der Waals surface area contributed by atoms with Crippen molar-refractivity contribution < 1.29 is 19.4 Å². The number of carbonyl (C=O) groups excluding carboxylic acids is 1. The fraction of sp³-hybridized carbons (Fsp3) is 0.429. The first kappa shape index (κ1) is 13.4. The SMILES string of the molecule is O=C(O)c1ccc(OCC(=O)N2CCCCC2)cc1. The number of piperidine rings is 1. The third-order valence-corrected chi connectivity index (χ3v) is 3.17. The molecule has 0 aliphatic carbocycles. The van der Waals surface area contributed by atoms with Gasteiger partial charge in [-0.2, -0.15) is 0 Å². The van der Waals surface area contributed by atoms with Crippen LogP contribution in [0, 0.1) is 0 Å². The second-order valence-electron chi connectivity index (χ2n) is 4.56. The van der Waals surface area contributed by atoms with E-state index in [1.807, 2.05) is 4.90 Å². The molecule has 0 spiro atoms. The van der Waals surface area contributed by atoms with Crippen LogP contribution in [-0.2, 0) is 4.79 Å². The Morgan fingerprint density at radius 3 is 2.32 bits per heavy atom. The number of ether oxygens (including phenoxy) is 1. The van der Waals surface area contributed by atoms with Crippen LogP contribution >= 0.6 is 0 Å². The second kappa shape index (κ2) is 6.22. The zero-order valence-electron chi connectivity index (χ0n) is 10.7.